The maximum atomic E-state index is 12.8. The summed E-state index contributed by atoms with van der Waals surface area (Å²) in [5, 5.41) is 0. The Hall–Kier alpha value is -2.17. The van der Waals surface area contributed by atoms with Crippen molar-refractivity contribution in [1.29, 1.82) is 0 Å². The van der Waals surface area contributed by atoms with Gasteiger partial charge < -0.3 is 4.90 Å². The van der Waals surface area contributed by atoms with Crippen molar-refractivity contribution in [1.82, 2.24) is 4.90 Å². The van der Waals surface area contributed by atoms with Crippen molar-refractivity contribution in [3.05, 3.63) is 29.8 Å². The molecule has 1 aromatic rings. The van der Waals surface area contributed by atoms with Gasteiger partial charge in [0.25, 0.3) is 5.91 Å². The first-order valence-electron chi connectivity index (χ1n) is 10.3. The average molecular weight is 368 g/mol. The Morgan fingerprint density at radius 2 is 1.52 bits per heavy atom. The zero-order valence-electron chi connectivity index (χ0n) is 16.0. The van der Waals surface area contributed by atoms with E-state index in [0.29, 0.717) is 17.2 Å². The highest BCUT2D eigenvalue weighted by Gasteiger charge is 2.49. The van der Waals surface area contributed by atoms with Crippen LogP contribution in [0.2, 0.25) is 0 Å². The smallest absolute Gasteiger partial charge is 0.253 e. The third-order valence-electron chi connectivity index (χ3n) is 6.45. The van der Waals surface area contributed by atoms with Crippen LogP contribution in [0.1, 0.15) is 62.2 Å². The summed E-state index contributed by atoms with van der Waals surface area (Å²) < 4.78 is 0. The van der Waals surface area contributed by atoms with Gasteiger partial charge in [0.05, 0.1) is 17.5 Å². The molecular weight excluding hydrogens is 340 g/mol. The van der Waals surface area contributed by atoms with Crippen LogP contribution in [0.3, 0.4) is 0 Å². The number of hydrogen-bond donors (Lipinski definition) is 0. The fraction of sp³-hybridized carbons (Fsp3) is 0.591. The molecule has 1 aromatic carbocycles. The third kappa shape index (κ3) is 3.40. The van der Waals surface area contributed by atoms with E-state index in [0.717, 1.165) is 45.2 Å². The number of carbonyl (C=O) groups is 3. The molecule has 3 aliphatic rings. The molecule has 0 N–H and O–H groups in total. The van der Waals surface area contributed by atoms with E-state index in [4.69, 9.17) is 0 Å². The monoisotopic (exact) mass is 368 g/mol. The van der Waals surface area contributed by atoms with Gasteiger partial charge in [-0.05, 0) is 62.3 Å². The van der Waals surface area contributed by atoms with Gasteiger partial charge >= 0.3 is 0 Å². The van der Waals surface area contributed by atoms with E-state index in [2.05, 4.69) is 6.92 Å². The van der Waals surface area contributed by atoms with Crippen LogP contribution in [-0.4, -0.2) is 35.7 Å². The van der Waals surface area contributed by atoms with Crippen LogP contribution in [0.4, 0.5) is 5.69 Å². The van der Waals surface area contributed by atoms with Crippen LogP contribution in [0.5, 0.6) is 0 Å². The van der Waals surface area contributed by atoms with Crippen molar-refractivity contribution >= 4 is 23.4 Å². The molecule has 3 amide bonds. The number of likely N-dealkylation sites (tertiary alicyclic amines) is 1. The molecule has 2 aliphatic heterocycles. The lowest BCUT2D eigenvalue weighted by atomic mass is 9.76. The molecule has 2 saturated heterocycles. The minimum Gasteiger partial charge on any atom is -0.339 e. The van der Waals surface area contributed by atoms with Crippen LogP contribution in [-0.2, 0) is 9.59 Å². The summed E-state index contributed by atoms with van der Waals surface area (Å²) in [5.41, 5.74) is 1.23. The van der Waals surface area contributed by atoms with Crippen molar-refractivity contribution in [2.24, 2.45) is 17.8 Å². The molecule has 5 nitrogen and oxygen atoms in total. The molecule has 0 radical (unpaired) electrons. The average Bonchev–Trinajstić information content (AvgIpc) is 2.87. The first kappa shape index (κ1) is 18.2. The first-order valence-corrected chi connectivity index (χ1v) is 10.3. The predicted molar refractivity (Wildman–Crippen MR) is 103 cm³/mol. The summed E-state index contributed by atoms with van der Waals surface area (Å²) in [5.74, 6) is 0.0833. The molecular formula is C22H28N2O3. The summed E-state index contributed by atoms with van der Waals surface area (Å²) in [7, 11) is 0. The van der Waals surface area contributed by atoms with Gasteiger partial charge in [-0.1, -0.05) is 19.8 Å². The summed E-state index contributed by atoms with van der Waals surface area (Å²) in [6.07, 6.45) is 7.10. The molecule has 0 aromatic heterocycles. The number of anilines is 1. The molecule has 3 fully saturated rings. The van der Waals surface area contributed by atoms with Crippen LogP contribution < -0.4 is 4.90 Å². The lowest BCUT2D eigenvalue weighted by Gasteiger charge is -2.25. The van der Waals surface area contributed by atoms with Crippen molar-refractivity contribution in [2.45, 2.75) is 51.9 Å². The van der Waals surface area contributed by atoms with Crippen molar-refractivity contribution in [2.75, 3.05) is 18.0 Å². The van der Waals surface area contributed by atoms with Crippen LogP contribution in [0.15, 0.2) is 24.3 Å². The Morgan fingerprint density at radius 1 is 0.889 bits per heavy atom. The van der Waals surface area contributed by atoms with Gasteiger partial charge in [0.2, 0.25) is 11.8 Å². The van der Waals surface area contributed by atoms with Gasteiger partial charge in [0, 0.05) is 18.7 Å². The fourth-order valence-electron chi connectivity index (χ4n) is 4.85. The van der Waals surface area contributed by atoms with Gasteiger partial charge in [-0.15, -0.1) is 0 Å². The number of rotatable bonds is 2. The molecule has 3 atom stereocenters. The standard InChI is InChI=1S/C22H28N2O3/c1-15-6-11-18-19(14-15)22(27)24(21(18)26)17-9-7-16(8-10-17)20(25)23-12-4-2-3-5-13-23/h7-10,15,18-19H,2-6,11-14H2,1H3/t15-,18-,19+/m1/s1. The van der Waals surface area contributed by atoms with E-state index in [1.807, 2.05) is 4.90 Å². The number of amides is 3. The number of carbonyl (C=O) groups excluding carboxylic acids is 3. The zero-order chi connectivity index (χ0) is 19.0. The largest absolute Gasteiger partial charge is 0.339 e. The SMILES string of the molecule is C[C@@H]1CC[C@H]2C(=O)N(c3ccc(C(=O)N4CCCCCC4)cc3)C(=O)[C@H]2C1. The normalized spacial score (nSPS) is 28.9. The highest BCUT2D eigenvalue weighted by Crippen LogP contribution is 2.42. The summed E-state index contributed by atoms with van der Waals surface area (Å²) in [6, 6.07) is 7.02. The number of nitrogens with zero attached hydrogens (tertiary/aromatic N) is 2. The Labute approximate surface area is 160 Å². The molecule has 5 heteroatoms. The summed E-state index contributed by atoms with van der Waals surface area (Å²) in [6.45, 7) is 3.77. The lowest BCUT2D eigenvalue weighted by Crippen LogP contribution is -2.32. The van der Waals surface area contributed by atoms with Gasteiger partial charge in [-0.3, -0.25) is 19.3 Å². The molecule has 27 heavy (non-hydrogen) atoms. The van der Waals surface area contributed by atoms with Crippen LogP contribution >= 0.6 is 0 Å². The van der Waals surface area contributed by atoms with Crippen LogP contribution in [0.25, 0.3) is 0 Å². The van der Waals surface area contributed by atoms with Crippen molar-refractivity contribution in [3.8, 4) is 0 Å². The maximum absolute atomic E-state index is 12.8. The topological polar surface area (TPSA) is 57.7 Å². The van der Waals surface area contributed by atoms with Gasteiger partial charge in [-0.2, -0.15) is 0 Å². The number of hydrogen-bond acceptors (Lipinski definition) is 3. The van der Waals surface area contributed by atoms with E-state index in [1.165, 1.54) is 17.7 Å². The second-order valence-electron chi connectivity index (χ2n) is 8.40. The predicted octanol–water partition coefficient (Wildman–Crippen LogP) is 3.63. The van der Waals surface area contributed by atoms with Gasteiger partial charge in [0.15, 0.2) is 0 Å². The number of fused-ring (bicyclic) bond motifs is 1. The van der Waals surface area contributed by atoms with E-state index >= 15 is 0 Å². The van der Waals surface area contributed by atoms with Gasteiger partial charge in [-0.25, -0.2) is 0 Å². The van der Waals surface area contributed by atoms with Crippen LogP contribution in [0, 0.1) is 17.8 Å². The molecule has 1 aliphatic carbocycles. The third-order valence-corrected chi connectivity index (χ3v) is 6.45. The Balaban J connectivity index is 1.51. The molecule has 144 valence electrons. The van der Waals surface area contributed by atoms with E-state index in [1.54, 1.807) is 24.3 Å². The minimum absolute atomic E-state index is 0.0463. The molecule has 0 spiro atoms. The lowest BCUT2D eigenvalue weighted by molar-refractivity contribution is -0.122. The van der Waals surface area contributed by atoms with Crippen molar-refractivity contribution in [3.63, 3.8) is 0 Å². The molecule has 0 unspecified atom stereocenters. The number of benzene rings is 1. The highest BCUT2D eigenvalue weighted by atomic mass is 16.2. The molecule has 2 heterocycles. The van der Waals surface area contributed by atoms with E-state index < -0.39 is 0 Å². The fourth-order valence-corrected chi connectivity index (χ4v) is 4.85. The zero-order valence-corrected chi connectivity index (χ0v) is 16.0. The van der Waals surface area contributed by atoms with Gasteiger partial charge in [0.1, 0.15) is 0 Å². The number of imide groups is 1. The van der Waals surface area contributed by atoms with E-state index in [-0.39, 0.29) is 29.6 Å². The second kappa shape index (κ2) is 7.45. The molecule has 4 rings (SSSR count). The highest BCUT2D eigenvalue weighted by molar-refractivity contribution is 6.22. The maximum Gasteiger partial charge on any atom is 0.253 e. The van der Waals surface area contributed by atoms with E-state index in [9.17, 15) is 14.4 Å². The second-order valence-corrected chi connectivity index (χ2v) is 8.40. The molecule has 0 bridgehead atoms. The van der Waals surface area contributed by atoms with Crippen molar-refractivity contribution < 1.29 is 14.4 Å². The summed E-state index contributed by atoms with van der Waals surface area (Å²) >= 11 is 0. The Bertz CT molecular complexity index is 734. The quantitative estimate of drug-likeness (QED) is 0.749. The summed E-state index contributed by atoms with van der Waals surface area (Å²) in [4.78, 5) is 41.6. The Morgan fingerprint density at radius 3 is 2.19 bits per heavy atom. The minimum atomic E-state index is -0.167. The molecule has 1 saturated carbocycles. The first-order chi connectivity index (χ1) is 13.1. The Kier molecular flexibility index (Phi) is 5.02.